The number of aliphatic hydroxyl groups excluding tert-OH is 5. The first kappa shape index (κ1) is 17.0. The smallest absolute Gasteiger partial charge is 0.169 e. The zero-order chi connectivity index (χ0) is 17.4. The molecule has 8 nitrogen and oxygen atoms in total. The van der Waals surface area contributed by atoms with Crippen molar-refractivity contribution in [3.63, 3.8) is 0 Å². The quantitative estimate of drug-likeness (QED) is 0.423. The molecule has 9 heteroatoms. The van der Waals surface area contributed by atoms with Crippen molar-refractivity contribution in [2.24, 2.45) is 0 Å². The van der Waals surface area contributed by atoms with E-state index in [1.54, 1.807) is 30.3 Å². The third-order valence-electron chi connectivity index (χ3n) is 3.87. The first-order valence-corrected chi connectivity index (χ1v) is 7.58. The molecule has 0 aliphatic rings. The Labute approximate surface area is 141 Å². The maximum atomic E-state index is 10.4. The number of benzene rings is 1. The van der Waals surface area contributed by atoms with E-state index in [1.807, 2.05) is 0 Å². The summed E-state index contributed by atoms with van der Waals surface area (Å²) in [5.74, 6) is -0.00499. The second-order valence-electron chi connectivity index (χ2n) is 5.46. The van der Waals surface area contributed by atoms with Crippen molar-refractivity contribution in [3.8, 4) is 0 Å². The van der Waals surface area contributed by atoms with E-state index in [9.17, 15) is 20.4 Å². The zero-order valence-corrected chi connectivity index (χ0v) is 13.1. The van der Waals surface area contributed by atoms with E-state index >= 15 is 0 Å². The van der Waals surface area contributed by atoms with Crippen LogP contribution in [0.4, 0.5) is 0 Å². The Kier molecular flexibility index (Phi) is 4.68. The molecule has 3 rings (SSSR count). The summed E-state index contributed by atoms with van der Waals surface area (Å²) in [5.41, 5.74) is 1.09. The molecule has 4 atom stereocenters. The van der Waals surface area contributed by atoms with Crippen molar-refractivity contribution >= 4 is 28.2 Å². The lowest BCUT2D eigenvalue weighted by Gasteiger charge is -2.24. The number of fused-ring (bicyclic) bond motifs is 3. The van der Waals surface area contributed by atoms with Gasteiger partial charge in [-0.2, -0.15) is 0 Å². The predicted octanol–water partition coefficient (Wildman–Crippen LogP) is -0.356. The number of pyridine rings is 1. The normalized spacial score (nSPS) is 17.1. The van der Waals surface area contributed by atoms with Crippen molar-refractivity contribution in [1.29, 1.82) is 0 Å². The van der Waals surface area contributed by atoms with Gasteiger partial charge in [0.15, 0.2) is 11.5 Å². The molecule has 0 aliphatic heterocycles. The number of aromatic nitrogens is 3. The molecule has 0 saturated carbocycles. The molecule has 0 aliphatic carbocycles. The van der Waals surface area contributed by atoms with Gasteiger partial charge in [-0.05, 0) is 30.3 Å². The van der Waals surface area contributed by atoms with Gasteiger partial charge in [0.25, 0.3) is 0 Å². The molecule has 0 bridgehead atoms. The Morgan fingerprint density at radius 1 is 1.00 bits per heavy atom. The van der Waals surface area contributed by atoms with Crippen molar-refractivity contribution in [3.05, 3.63) is 41.2 Å². The minimum Gasteiger partial charge on any atom is -0.394 e. The number of hydrogen-bond donors (Lipinski definition) is 5. The van der Waals surface area contributed by atoms with Crippen LogP contribution in [0.15, 0.2) is 30.3 Å². The molecule has 0 spiro atoms. The van der Waals surface area contributed by atoms with Crippen LogP contribution in [0.1, 0.15) is 11.9 Å². The van der Waals surface area contributed by atoms with E-state index in [4.69, 9.17) is 16.7 Å². The molecule has 2 heterocycles. The van der Waals surface area contributed by atoms with Crippen LogP contribution in [0.3, 0.4) is 0 Å². The van der Waals surface area contributed by atoms with E-state index in [-0.39, 0.29) is 5.82 Å². The summed E-state index contributed by atoms with van der Waals surface area (Å²) in [4.78, 5) is 0. The third-order valence-corrected chi connectivity index (χ3v) is 4.11. The van der Waals surface area contributed by atoms with Crippen LogP contribution in [-0.2, 0) is 0 Å². The number of rotatable bonds is 5. The van der Waals surface area contributed by atoms with Crippen LogP contribution in [0.25, 0.3) is 16.6 Å². The molecule has 0 unspecified atom stereocenters. The van der Waals surface area contributed by atoms with Gasteiger partial charge in [-0.1, -0.05) is 11.6 Å². The Morgan fingerprint density at radius 3 is 2.46 bits per heavy atom. The Balaban J connectivity index is 2.09. The van der Waals surface area contributed by atoms with Crippen LogP contribution in [0.2, 0.25) is 5.02 Å². The molecule has 5 N–H and O–H groups in total. The molecule has 0 amide bonds. The third kappa shape index (κ3) is 2.84. The van der Waals surface area contributed by atoms with Crippen LogP contribution < -0.4 is 0 Å². The van der Waals surface area contributed by atoms with Gasteiger partial charge in [-0.3, -0.25) is 4.40 Å². The summed E-state index contributed by atoms with van der Waals surface area (Å²) >= 11 is 5.97. The Morgan fingerprint density at radius 2 is 1.75 bits per heavy atom. The Bertz CT molecular complexity index is 871. The fourth-order valence-corrected chi connectivity index (χ4v) is 2.74. The lowest BCUT2D eigenvalue weighted by atomic mass is 10.0. The summed E-state index contributed by atoms with van der Waals surface area (Å²) in [6.45, 7) is -0.757. The number of nitrogens with zero attached hydrogens (tertiary/aromatic N) is 3. The second-order valence-corrected chi connectivity index (χ2v) is 5.90. The summed E-state index contributed by atoms with van der Waals surface area (Å²) in [6, 6.07) is 8.58. The van der Waals surface area contributed by atoms with Crippen LogP contribution in [-0.4, -0.2) is 65.0 Å². The standard InChI is InChI=1S/C15H16ClN3O5/c16-8-2-3-9-7(5-8)1-4-11-17-18-15(19(9)11)14(24)13(23)12(22)10(21)6-20/h1-5,10,12-14,20-24H,6H2/t10-,12-,13+,14+/m1/s1. The highest BCUT2D eigenvalue weighted by molar-refractivity contribution is 6.31. The van der Waals surface area contributed by atoms with Gasteiger partial charge in [0.1, 0.15) is 24.4 Å². The predicted molar refractivity (Wildman–Crippen MR) is 85.6 cm³/mol. The van der Waals surface area contributed by atoms with Crippen LogP contribution in [0, 0.1) is 0 Å². The van der Waals surface area contributed by atoms with Crippen molar-refractivity contribution in [1.82, 2.24) is 14.6 Å². The number of hydrogen-bond acceptors (Lipinski definition) is 7. The van der Waals surface area contributed by atoms with E-state index in [2.05, 4.69) is 10.2 Å². The minimum absolute atomic E-state index is 0.00499. The molecule has 0 saturated heterocycles. The fourth-order valence-electron chi connectivity index (χ4n) is 2.56. The van der Waals surface area contributed by atoms with Gasteiger partial charge in [-0.15, -0.1) is 10.2 Å². The van der Waals surface area contributed by atoms with Gasteiger partial charge in [0.05, 0.1) is 12.1 Å². The summed E-state index contributed by atoms with van der Waals surface area (Å²) in [6.07, 6.45) is -6.73. The van der Waals surface area contributed by atoms with E-state index in [0.29, 0.717) is 16.2 Å². The van der Waals surface area contributed by atoms with Gasteiger partial charge in [0, 0.05) is 10.4 Å². The van der Waals surface area contributed by atoms with Gasteiger partial charge in [0.2, 0.25) is 0 Å². The molecule has 0 radical (unpaired) electrons. The highest BCUT2D eigenvalue weighted by atomic mass is 35.5. The highest BCUT2D eigenvalue weighted by Crippen LogP contribution is 2.25. The summed E-state index contributed by atoms with van der Waals surface area (Å²) in [5, 5.41) is 57.6. The van der Waals surface area contributed by atoms with Gasteiger partial charge in [-0.25, -0.2) is 0 Å². The first-order chi connectivity index (χ1) is 11.4. The van der Waals surface area contributed by atoms with Gasteiger partial charge < -0.3 is 25.5 Å². The molecule has 2 aromatic heterocycles. The van der Waals surface area contributed by atoms with Crippen LogP contribution >= 0.6 is 11.6 Å². The lowest BCUT2D eigenvalue weighted by Crippen LogP contribution is -2.43. The maximum Gasteiger partial charge on any atom is 0.169 e. The average Bonchev–Trinajstić information content (AvgIpc) is 3.03. The molecule has 0 fully saturated rings. The average molecular weight is 354 g/mol. The van der Waals surface area contributed by atoms with E-state index in [0.717, 1.165) is 5.39 Å². The fraction of sp³-hybridized carbons (Fsp3) is 0.333. The lowest BCUT2D eigenvalue weighted by molar-refractivity contribution is -0.118. The summed E-state index contributed by atoms with van der Waals surface area (Å²) in [7, 11) is 0. The second kappa shape index (κ2) is 6.60. The molecule has 1 aromatic carbocycles. The highest BCUT2D eigenvalue weighted by Gasteiger charge is 2.33. The van der Waals surface area contributed by atoms with Crippen molar-refractivity contribution in [2.45, 2.75) is 24.4 Å². The van der Waals surface area contributed by atoms with E-state index in [1.165, 1.54) is 4.40 Å². The monoisotopic (exact) mass is 353 g/mol. The molecular weight excluding hydrogens is 338 g/mol. The minimum atomic E-state index is -1.76. The maximum absolute atomic E-state index is 10.4. The van der Waals surface area contributed by atoms with Gasteiger partial charge >= 0.3 is 0 Å². The molecule has 3 aromatic rings. The number of halogens is 1. The van der Waals surface area contributed by atoms with Crippen molar-refractivity contribution < 1.29 is 25.5 Å². The molecular formula is C15H16ClN3O5. The molecule has 24 heavy (non-hydrogen) atoms. The largest absolute Gasteiger partial charge is 0.394 e. The van der Waals surface area contributed by atoms with Crippen LogP contribution in [0.5, 0.6) is 0 Å². The Hall–Kier alpha value is -1.81. The first-order valence-electron chi connectivity index (χ1n) is 7.20. The number of aliphatic hydroxyl groups is 5. The zero-order valence-electron chi connectivity index (χ0n) is 12.4. The molecule has 128 valence electrons. The SMILES string of the molecule is OC[C@@H](O)[C@@H](O)[C@H](O)[C@H](O)c1nnc2ccc3cc(Cl)ccc3n12. The summed E-state index contributed by atoms with van der Waals surface area (Å²) < 4.78 is 1.53. The van der Waals surface area contributed by atoms with Crippen molar-refractivity contribution in [2.75, 3.05) is 6.61 Å². The topological polar surface area (TPSA) is 131 Å². The van der Waals surface area contributed by atoms with E-state index < -0.39 is 31.0 Å².